The Morgan fingerprint density at radius 3 is 2.32 bits per heavy atom. The monoisotopic (exact) mass is 552 g/mol. The molecule has 1 aliphatic carbocycles. The molecule has 1 amide bonds. The first-order valence-corrected chi connectivity index (χ1v) is 13.5. The minimum atomic E-state index is -0.379. The smallest absolute Gasteiger partial charge is 0.354 e. The number of methoxy groups -OCH3 is 1. The van der Waals surface area contributed by atoms with Gasteiger partial charge < -0.3 is 14.2 Å². The third kappa shape index (κ3) is 5.37. The largest absolute Gasteiger partial charge is 0.464 e. The second-order valence-corrected chi connectivity index (χ2v) is 11.4. The van der Waals surface area contributed by atoms with Gasteiger partial charge in [0.15, 0.2) is 0 Å². The molecule has 37 heavy (non-hydrogen) atoms. The third-order valence-corrected chi connectivity index (χ3v) is 8.21. The lowest BCUT2D eigenvalue weighted by Crippen LogP contribution is -2.21. The zero-order chi connectivity index (χ0) is 26.3. The molecule has 0 spiro atoms. The van der Waals surface area contributed by atoms with Crippen molar-refractivity contribution in [3.05, 3.63) is 93.1 Å². The van der Waals surface area contributed by atoms with Gasteiger partial charge >= 0.3 is 5.97 Å². The van der Waals surface area contributed by atoms with Gasteiger partial charge in [0.1, 0.15) is 5.69 Å². The molecule has 5 rings (SSSR count). The van der Waals surface area contributed by atoms with Crippen LogP contribution in [-0.2, 0) is 11.3 Å². The van der Waals surface area contributed by atoms with Crippen molar-refractivity contribution in [3.63, 3.8) is 0 Å². The van der Waals surface area contributed by atoms with Gasteiger partial charge in [-0.05, 0) is 78.4 Å². The van der Waals surface area contributed by atoms with Crippen LogP contribution in [0, 0.1) is 0 Å². The van der Waals surface area contributed by atoms with Crippen molar-refractivity contribution in [2.24, 2.45) is 0 Å². The van der Waals surface area contributed by atoms with Gasteiger partial charge in [-0.25, -0.2) is 4.79 Å². The van der Waals surface area contributed by atoms with Crippen molar-refractivity contribution in [2.45, 2.75) is 35.1 Å². The lowest BCUT2D eigenvalue weighted by molar-refractivity contribution is 0.0589. The van der Waals surface area contributed by atoms with Crippen LogP contribution in [0.25, 0.3) is 10.9 Å². The summed E-state index contributed by atoms with van der Waals surface area (Å²) in [6.45, 7) is 0.468. The van der Waals surface area contributed by atoms with Crippen LogP contribution in [-0.4, -0.2) is 42.5 Å². The van der Waals surface area contributed by atoms with Gasteiger partial charge in [-0.15, -0.1) is 0 Å². The second kappa shape index (κ2) is 10.4. The molecule has 0 aliphatic heterocycles. The number of amides is 1. The van der Waals surface area contributed by atoms with Crippen molar-refractivity contribution < 1.29 is 14.3 Å². The SMILES string of the molecule is COC(=O)c1cc2c(C3CC3)cc(Sc3ccc(Cl)c(Cl)c3)cc2n1Cc1ccc(C(=O)N(C)C)cc1. The van der Waals surface area contributed by atoms with E-state index in [4.69, 9.17) is 27.9 Å². The first kappa shape index (κ1) is 25.7. The fraction of sp³-hybridized carbons (Fsp3) is 0.241. The molecule has 0 radical (unpaired) electrons. The summed E-state index contributed by atoms with van der Waals surface area (Å²) >= 11 is 14.0. The third-order valence-electron chi connectivity index (χ3n) is 6.51. The number of carbonyl (C=O) groups excluding carboxylic acids is 2. The van der Waals surface area contributed by atoms with E-state index >= 15 is 0 Å². The Bertz CT molecular complexity index is 1510. The van der Waals surface area contributed by atoms with Gasteiger partial charge in [-0.1, -0.05) is 47.1 Å². The van der Waals surface area contributed by atoms with E-state index in [0.717, 1.165) is 39.1 Å². The van der Waals surface area contributed by atoms with E-state index in [2.05, 4.69) is 12.1 Å². The van der Waals surface area contributed by atoms with Crippen molar-refractivity contribution in [3.8, 4) is 0 Å². The fourth-order valence-corrected chi connectivity index (χ4v) is 5.77. The number of hydrogen-bond donors (Lipinski definition) is 0. The lowest BCUT2D eigenvalue weighted by Gasteiger charge is -2.14. The Balaban J connectivity index is 1.59. The Labute approximate surface area is 230 Å². The summed E-state index contributed by atoms with van der Waals surface area (Å²) in [5, 5.41) is 2.11. The maximum Gasteiger partial charge on any atom is 0.354 e. The van der Waals surface area contributed by atoms with Crippen LogP contribution < -0.4 is 0 Å². The number of benzene rings is 3. The number of esters is 1. The second-order valence-electron chi connectivity index (χ2n) is 9.40. The maximum atomic E-state index is 12.8. The number of halogens is 2. The van der Waals surface area contributed by atoms with Gasteiger partial charge in [-0.3, -0.25) is 4.79 Å². The van der Waals surface area contributed by atoms with E-state index in [1.807, 2.05) is 47.0 Å². The summed E-state index contributed by atoms with van der Waals surface area (Å²) in [6, 6.07) is 19.4. The van der Waals surface area contributed by atoms with Crippen LogP contribution in [0.1, 0.15) is 50.7 Å². The molecule has 0 bridgehead atoms. The summed E-state index contributed by atoms with van der Waals surface area (Å²) in [4.78, 5) is 28.7. The van der Waals surface area contributed by atoms with Crippen molar-refractivity contribution in [1.29, 1.82) is 0 Å². The molecule has 3 aromatic carbocycles. The van der Waals surface area contributed by atoms with E-state index in [1.165, 1.54) is 12.7 Å². The van der Waals surface area contributed by atoms with Crippen molar-refractivity contribution in [1.82, 2.24) is 9.47 Å². The van der Waals surface area contributed by atoms with Gasteiger partial charge in [0.05, 0.1) is 22.7 Å². The molecule has 0 saturated heterocycles. The average Bonchev–Trinajstić information content (AvgIpc) is 3.68. The summed E-state index contributed by atoms with van der Waals surface area (Å²) < 4.78 is 7.15. The predicted molar refractivity (Wildman–Crippen MR) is 149 cm³/mol. The molecule has 0 atom stereocenters. The van der Waals surface area contributed by atoms with E-state index in [0.29, 0.717) is 33.8 Å². The molecule has 4 aromatic rings. The first-order chi connectivity index (χ1) is 17.7. The number of aromatic nitrogens is 1. The molecular formula is C29H26Cl2N2O3S. The van der Waals surface area contributed by atoms with E-state index in [1.54, 1.807) is 36.8 Å². The van der Waals surface area contributed by atoms with Crippen molar-refractivity contribution in [2.75, 3.05) is 21.2 Å². The predicted octanol–water partition coefficient (Wildman–Crippen LogP) is 7.51. The maximum absolute atomic E-state index is 12.8. The Morgan fingerprint density at radius 2 is 1.70 bits per heavy atom. The average molecular weight is 554 g/mol. The van der Waals surface area contributed by atoms with Crippen LogP contribution in [0.5, 0.6) is 0 Å². The topological polar surface area (TPSA) is 51.5 Å². The standard InChI is InChI=1S/C29H26Cl2N2O3S/c1-32(2)28(34)19-6-4-17(5-7-19)16-33-26-14-21(37-20-10-11-24(30)25(31)13-20)12-22(18-8-9-18)23(26)15-27(33)29(35)36-3/h4-7,10-15,18H,8-9,16H2,1-3H3. The number of hydrogen-bond acceptors (Lipinski definition) is 4. The lowest BCUT2D eigenvalue weighted by atomic mass is 10.1. The van der Waals surface area contributed by atoms with Crippen LogP contribution in [0.3, 0.4) is 0 Å². The molecular weight excluding hydrogens is 527 g/mol. The van der Waals surface area contributed by atoms with Gasteiger partial charge in [-0.2, -0.15) is 0 Å². The molecule has 190 valence electrons. The molecule has 1 aliphatic rings. The molecule has 0 N–H and O–H groups in total. The van der Waals surface area contributed by atoms with E-state index in [9.17, 15) is 9.59 Å². The highest BCUT2D eigenvalue weighted by atomic mass is 35.5. The molecule has 1 fully saturated rings. The zero-order valence-electron chi connectivity index (χ0n) is 20.8. The molecule has 5 nitrogen and oxygen atoms in total. The molecule has 1 aromatic heterocycles. The summed E-state index contributed by atoms with van der Waals surface area (Å²) in [5.74, 6) is 0.0526. The minimum absolute atomic E-state index is 0.0498. The summed E-state index contributed by atoms with van der Waals surface area (Å²) in [5.41, 5.74) is 4.32. The highest BCUT2D eigenvalue weighted by molar-refractivity contribution is 7.99. The first-order valence-electron chi connectivity index (χ1n) is 11.9. The minimum Gasteiger partial charge on any atom is -0.464 e. The number of rotatable bonds is 7. The van der Waals surface area contributed by atoms with Gasteiger partial charge in [0.25, 0.3) is 5.91 Å². The number of carbonyl (C=O) groups is 2. The Kier molecular flexibility index (Phi) is 7.26. The summed E-state index contributed by atoms with van der Waals surface area (Å²) in [7, 11) is 4.87. The highest BCUT2D eigenvalue weighted by Gasteiger charge is 2.28. The molecule has 0 unspecified atom stereocenters. The Hall–Kier alpha value is -2.93. The van der Waals surface area contributed by atoms with Crippen molar-refractivity contribution >= 4 is 57.7 Å². The number of nitrogens with zero attached hydrogens (tertiary/aromatic N) is 2. The molecule has 8 heteroatoms. The van der Waals surface area contributed by atoms with Crippen LogP contribution in [0.15, 0.2) is 70.5 Å². The Morgan fingerprint density at radius 1 is 0.973 bits per heavy atom. The van der Waals surface area contributed by atoms with E-state index < -0.39 is 0 Å². The van der Waals surface area contributed by atoms with Crippen LogP contribution in [0.2, 0.25) is 10.0 Å². The normalized spacial score (nSPS) is 13.1. The van der Waals surface area contributed by atoms with E-state index in [-0.39, 0.29) is 11.9 Å². The number of ether oxygens (including phenoxy) is 1. The quantitative estimate of drug-likeness (QED) is 0.222. The highest BCUT2D eigenvalue weighted by Crippen LogP contribution is 2.46. The van der Waals surface area contributed by atoms with Gasteiger partial charge in [0.2, 0.25) is 0 Å². The van der Waals surface area contributed by atoms with Crippen LogP contribution in [0.4, 0.5) is 0 Å². The summed E-state index contributed by atoms with van der Waals surface area (Å²) in [6.07, 6.45) is 2.27. The van der Waals surface area contributed by atoms with Gasteiger partial charge in [0, 0.05) is 41.4 Å². The molecule has 1 heterocycles. The molecule has 1 saturated carbocycles. The fourth-order valence-electron chi connectivity index (χ4n) is 4.46. The number of fused-ring (bicyclic) bond motifs is 1. The van der Waals surface area contributed by atoms with Crippen LogP contribution >= 0.6 is 35.0 Å². The zero-order valence-corrected chi connectivity index (χ0v) is 23.1.